The summed E-state index contributed by atoms with van der Waals surface area (Å²) in [6.45, 7) is 2.31. The molecule has 0 bridgehead atoms. The predicted octanol–water partition coefficient (Wildman–Crippen LogP) is 3.01. The van der Waals surface area contributed by atoms with Gasteiger partial charge < -0.3 is 15.7 Å². The number of carbonyl (C=O) groups is 2. The van der Waals surface area contributed by atoms with Gasteiger partial charge in [0.25, 0.3) is 5.91 Å². The first-order chi connectivity index (χ1) is 13.0. The monoisotopic (exact) mass is 366 g/mol. The Hall–Kier alpha value is -2.66. The maximum atomic E-state index is 12.4. The summed E-state index contributed by atoms with van der Waals surface area (Å²) in [7, 11) is 0. The number of hydrogen-bond acceptors (Lipinski definition) is 3. The van der Waals surface area contributed by atoms with Gasteiger partial charge in [-0.25, -0.2) is 0 Å². The Kier molecular flexibility index (Phi) is 5.91. The molecule has 2 amide bonds. The highest BCUT2D eigenvalue weighted by molar-refractivity contribution is 5.96. The van der Waals surface area contributed by atoms with Crippen LogP contribution in [0.3, 0.4) is 0 Å². The summed E-state index contributed by atoms with van der Waals surface area (Å²) in [6.07, 6.45) is 2.59. The van der Waals surface area contributed by atoms with E-state index < -0.39 is 5.41 Å². The van der Waals surface area contributed by atoms with Gasteiger partial charge in [-0.2, -0.15) is 0 Å². The van der Waals surface area contributed by atoms with Crippen molar-refractivity contribution >= 4 is 17.5 Å². The van der Waals surface area contributed by atoms with Crippen molar-refractivity contribution in [3.8, 4) is 0 Å². The van der Waals surface area contributed by atoms with Crippen molar-refractivity contribution in [2.24, 2.45) is 11.3 Å². The molecule has 1 fully saturated rings. The first-order valence-electron chi connectivity index (χ1n) is 9.33. The van der Waals surface area contributed by atoms with Crippen LogP contribution in [0.5, 0.6) is 0 Å². The Morgan fingerprint density at radius 3 is 2.33 bits per heavy atom. The summed E-state index contributed by atoms with van der Waals surface area (Å²) in [4.78, 5) is 24.2. The molecule has 0 heterocycles. The van der Waals surface area contributed by atoms with Crippen LogP contribution in [-0.4, -0.2) is 30.1 Å². The average Bonchev–Trinajstić information content (AvgIpc) is 3.53. The van der Waals surface area contributed by atoms with Crippen LogP contribution in [0.2, 0.25) is 0 Å². The molecule has 1 aliphatic carbocycles. The number of benzene rings is 2. The molecule has 27 heavy (non-hydrogen) atoms. The summed E-state index contributed by atoms with van der Waals surface area (Å²) in [6, 6.07) is 16.8. The second-order valence-corrected chi connectivity index (χ2v) is 7.65. The second-order valence-electron chi connectivity index (χ2n) is 7.65. The van der Waals surface area contributed by atoms with Crippen LogP contribution in [0.1, 0.15) is 35.7 Å². The molecule has 1 saturated carbocycles. The van der Waals surface area contributed by atoms with Gasteiger partial charge in [0.05, 0.1) is 6.61 Å². The van der Waals surface area contributed by atoms with Gasteiger partial charge in [-0.05, 0) is 49.1 Å². The highest BCUT2D eigenvalue weighted by Crippen LogP contribution is 2.30. The van der Waals surface area contributed by atoms with Crippen molar-refractivity contribution in [2.75, 3.05) is 18.5 Å². The van der Waals surface area contributed by atoms with Crippen LogP contribution < -0.4 is 10.6 Å². The van der Waals surface area contributed by atoms with Gasteiger partial charge in [0.15, 0.2) is 0 Å². The molecule has 3 N–H and O–H groups in total. The molecule has 5 nitrogen and oxygen atoms in total. The molecule has 0 unspecified atom stereocenters. The normalized spacial score (nSPS) is 15.6. The third-order valence-corrected chi connectivity index (χ3v) is 4.89. The minimum absolute atomic E-state index is 0.0195. The fraction of sp³-hybridized carbons (Fsp3) is 0.364. The number of nitrogens with one attached hydrogen (secondary N) is 2. The number of carbonyl (C=O) groups excluding carboxylic acids is 2. The number of rotatable bonds is 8. The molecule has 5 heteroatoms. The van der Waals surface area contributed by atoms with Gasteiger partial charge >= 0.3 is 0 Å². The van der Waals surface area contributed by atoms with Crippen molar-refractivity contribution in [3.63, 3.8) is 0 Å². The van der Waals surface area contributed by atoms with E-state index in [1.807, 2.05) is 37.3 Å². The summed E-state index contributed by atoms with van der Waals surface area (Å²) in [5.41, 5.74) is 1.92. The van der Waals surface area contributed by atoms with E-state index in [4.69, 9.17) is 0 Å². The number of aliphatic hydroxyl groups excluding tert-OH is 1. The maximum absolute atomic E-state index is 12.4. The van der Waals surface area contributed by atoms with Crippen molar-refractivity contribution < 1.29 is 14.7 Å². The molecule has 0 spiro atoms. The number of amides is 2. The molecule has 2 aromatic rings. The molecule has 142 valence electrons. The third-order valence-electron chi connectivity index (χ3n) is 4.89. The number of anilines is 1. The van der Waals surface area contributed by atoms with E-state index in [2.05, 4.69) is 10.6 Å². The fourth-order valence-electron chi connectivity index (χ4n) is 2.95. The van der Waals surface area contributed by atoms with Crippen LogP contribution in [0.15, 0.2) is 54.6 Å². The highest BCUT2D eigenvalue weighted by atomic mass is 16.3. The number of aliphatic hydroxyl groups is 1. The standard InChI is InChI=1S/C22H26N2O3/c1-22(15-25,13-16-5-3-2-4-6-16)14-23-20(26)17-9-11-19(12-10-17)24-21(27)18-7-8-18/h2-6,9-12,18,25H,7-8,13-15H2,1H3,(H,23,26)(H,24,27)/t22-/m1/s1. The molecular weight excluding hydrogens is 340 g/mol. The topological polar surface area (TPSA) is 78.4 Å². The Morgan fingerprint density at radius 1 is 1.07 bits per heavy atom. The van der Waals surface area contributed by atoms with Crippen LogP contribution in [0.25, 0.3) is 0 Å². The Morgan fingerprint density at radius 2 is 1.74 bits per heavy atom. The molecule has 0 radical (unpaired) electrons. The van der Waals surface area contributed by atoms with E-state index in [1.165, 1.54) is 0 Å². The predicted molar refractivity (Wildman–Crippen MR) is 105 cm³/mol. The van der Waals surface area contributed by atoms with Gasteiger partial charge in [-0.3, -0.25) is 9.59 Å². The number of hydrogen-bond donors (Lipinski definition) is 3. The van der Waals surface area contributed by atoms with Crippen LogP contribution >= 0.6 is 0 Å². The molecule has 3 rings (SSSR count). The van der Waals surface area contributed by atoms with Crippen molar-refractivity contribution in [3.05, 3.63) is 65.7 Å². The Balaban J connectivity index is 1.54. The first kappa shape index (κ1) is 19.1. The molecule has 1 aliphatic rings. The summed E-state index contributed by atoms with van der Waals surface area (Å²) in [5, 5.41) is 15.6. The van der Waals surface area contributed by atoms with Gasteiger partial charge in [0, 0.05) is 29.1 Å². The van der Waals surface area contributed by atoms with Gasteiger partial charge in [-0.1, -0.05) is 37.3 Å². The molecule has 2 aromatic carbocycles. The zero-order chi connectivity index (χ0) is 19.3. The smallest absolute Gasteiger partial charge is 0.251 e. The third kappa shape index (κ3) is 5.41. The van der Waals surface area contributed by atoms with Gasteiger partial charge in [-0.15, -0.1) is 0 Å². The highest BCUT2D eigenvalue weighted by Gasteiger charge is 2.29. The summed E-state index contributed by atoms with van der Waals surface area (Å²) >= 11 is 0. The lowest BCUT2D eigenvalue weighted by atomic mass is 9.84. The average molecular weight is 366 g/mol. The maximum Gasteiger partial charge on any atom is 0.251 e. The van der Waals surface area contributed by atoms with E-state index in [-0.39, 0.29) is 24.3 Å². The van der Waals surface area contributed by atoms with Gasteiger partial charge in [0.1, 0.15) is 0 Å². The quantitative estimate of drug-likeness (QED) is 0.672. The van der Waals surface area contributed by atoms with Crippen molar-refractivity contribution in [1.29, 1.82) is 0 Å². The lowest BCUT2D eigenvalue weighted by Crippen LogP contribution is -2.39. The molecule has 0 aromatic heterocycles. The van der Waals surface area contributed by atoms with E-state index in [9.17, 15) is 14.7 Å². The Bertz CT molecular complexity index is 785. The van der Waals surface area contributed by atoms with E-state index in [0.29, 0.717) is 24.2 Å². The fourth-order valence-corrected chi connectivity index (χ4v) is 2.95. The molecule has 0 aliphatic heterocycles. The van der Waals surface area contributed by atoms with Crippen molar-refractivity contribution in [1.82, 2.24) is 5.32 Å². The lowest BCUT2D eigenvalue weighted by Gasteiger charge is -2.27. The van der Waals surface area contributed by atoms with E-state index in [1.54, 1.807) is 24.3 Å². The van der Waals surface area contributed by atoms with E-state index >= 15 is 0 Å². The lowest BCUT2D eigenvalue weighted by molar-refractivity contribution is -0.117. The largest absolute Gasteiger partial charge is 0.396 e. The van der Waals surface area contributed by atoms with Crippen LogP contribution in [0.4, 0.5) is 5.69 Å². The van der Waals surface area contributed by atoms with Gasteiger partial charge in [0.2, 0.25) is 5.91 Å². The zero-order valence-electron chi connectivity index (χ0n) is 15.6. The minimum Gasteiger partial charge on any atom is -0.396 e. The van der Waals surface area contributed by atoms with E-state index in [0.717, 1.165) is 18.4 Å². The van der Waals surface area contributed by atoms with Crippen LogP contribution in [-0.2, 0) is 11.2 Å². The molecule has 0 saturated heterocycles. The summed E-state index contributed by atoms with van der Waals surface area (Å²) < 4.78 is 0. The molecule has 1 atom stereocenters. The van der Waals surface area contributed by atoms with Crippen LogP contribution in [0, 0.1) is 11.3 Å². The van der Waals surface area contributed by atoms with Crippen molar-refractivity contribution in [2.45, 2.75) is 26.2 Å². The SMILES string of the molecule is C[C@](CO)(CNC(=O)c1ccc(NC(=O)C2CC2)cc1)Cc1ccccc1. The summed E-state index contributed by atoms with van der Waals surface area (Å²) in [5.74, 6) is 0.00313. The second kappa shape index (κ2) is 8.35. The first-order valence-corrected chi connectivity index (χ1v) is 9.33. The Labute approximate surface area is 159 Å². The zero-order valence-corrected chi connectivity index (χ0v) is 15.6. The molecular formula is C22H26N2O3. The minimum atomic E-state index is -0.435.